The van der Waals surface area contributed by atoms with Crippen molar-refractivity contribution in [3.8, 4) is 84.2 Å². The van der Waals surface area contributed by atoms with Gasteiger partial charge in [0.05, 0.1) is 44.3 Å². The molecule has 492 valence electrons. The van der Waals surface area contributed by atoms with Crippen LogP contribution in [0.15, 0.2) is 346 Å². The van der Waals surface area contributed by atoms with Crippen LogP contribution in [0.2, 0.25) is 0 Å². The molecule has 0 amide bonds. The molecule has 23 aromatic rings. The zero-order valence-corrected chi connectivity index (χ0v) is 59.3. The highest BCUT2D eigenvalue weighted by molar-refractivity contribution is 7.26. The van der Waals surface area contributed by atoms with Gasteiger partial charge in [-0.3, -0.25) is 0 Å². The first-order valence-corrected chi connectivity index (χ1v) is 38.4. The lowest BCUT2D eigenvalue weighted by Crippen LogP contribution is -1.98. The predicted octanol–water partition coefficient (Wildman–Crippen LogP) is 28.0. The van der Waals surface area contributed by atoms with E-state index in [0.29, 0.717) is 5.82 Å². The quantitative estimate of drug-likeness (QED) is 0.144. The lowest BCUT2D eigenvalue weighted by Gasteiger charge is -2.14. The zero-order chi connectivity index (χ0) is 69.2. The van der Waals surface area contributed by atoms with E-state index in [1.54, 1.807) is 0 Å². The van der Waals surface area contributed by atoms with Gasteiger partial charge in [-0.15, -0.1) is 34.0 Å². The van der Waals surface area contributed by atoms with Crippen LogP contribution in [0.5, 0.6) is 0 Å². The van der Waals surface area contributed by atoms with Gasteiger partial charge in [0, 0.05) is 126 Å². The molecule has 0 radical (unpaired) electrons. The molecule has 106 heavy (non-hydrogen) atoms. The Hall–Kier alpha value is -13.1. The fraction of sp³-hybridized carbons (Fsp3) is 0. The van der Waals surface area contributed by atoms with Crippen molar-refractivity contribution in [2.75, 3.05) is 0 Å². The van der Waals surface area contributed by atoms with Crippen molar-refractivity contribution in [3.05, 3.63) is 346 Å². The number of fused-ring (bicyclic) bond motifs is 19. The Morgan fingerprint density at radius 1 is 0.179 bits per heavy atom. The highest BCUT2D eigenvalue weighted by Crippen LogP contribution is 2.45. The molecule has 7 aromatic heterocycles. The molecule has 0 aliphatic rings. The van der Waals surface area contributed by atoms with Gasteiger partial charge in [0.2, 0.25) is 0 Å². The maximum atomic E-state index is 5.63. The number of thiophene rings is 3. The van der Waals surface area contributed by atoms with E-state index in [2.05, 4.69) is 359 Å². The number of para-hydroxylation sites is 3. The van der Waals surface area contributed by atoms with E-state index < -0.39 is 0 Å². The van der Waals surface area contributed by atoms with Gasteiger partial charge in [-0.2, -0.15) is 0 Å². The molecule has 23 rings (SSSR count). The Balaban J connectivity index is 0.619. The Morgan fingerprint density at radius 2 is 0.462 bits per heavy atom. The number of benzene rings is 16. The van der Waals surface area contributed by atoms with E-state index in [1.807, 2.05) is 34.0 Å². The molecule has 0 saturated carbocycles. The van der Waals surface area contributed by atoms with Crippen LogP contribution in [-0.2, 0) is 0 Å². The molecule has 8 heteroatoms. The Kier molecular flexibility index (Phi) is 13.0. The van der Waals surface area contributed by atoms with E-state index in [0.717, 1.165) is 78.0 Å². The summed E-state index contributed by atoms with van der Waals surface area (Å²) in [4.78, 5) is 11.1. The summed E-state index contributed by atoms with van der Waals surface area (Å²) in [6.07, 6.45) is 0. The molecule has 0 aliphatic carbocycles. The van der Waals surface area contributed by atoms with Crippen molar-refractivity contribution in [1.29, 1.82) is 0 Å². The van der Waals surface area contributed by atoms with Crippen LogP contribution in [0.4, 0.5) is 0 Å². The lowest BCUT2D eigenvalue weighted by molar-refractivity contribution is 1.17. The number of hydrogen-bond acceptors (Lipinski definition) is 5. The van der Waals surface area contributed by atoms with Crippen LogP contribution in [-0.4, -0.2) is 23.7 Å². The number of rotatable bonds is 9. The van der Waals surface area contributed by atoms with Crippen molar-refractivity contribution >= 4 is 171 Å². The first-order valence-electron chi connectivity index (χ1n) is 36.0. The van der Waals surface area contributed by atoms with Gasteiger partial charge in [-0.1, -0.05) is 194 Å². The fourth-order valence-corrected chi connectivity index (χ4v) is 20.4. The minimum absolute atomic E-state index is 0.665. The van der Waals surface area contributed by atoms with Crippen molar-refractivity contribution in [3.63, 3.8) is 0 Å². The molecule has 0 spiro atoms. The molecule has 0 unspecified atom stereocenters. The molecule has 0 bridgehead atoms. The first-order chi connectivity index (χ1) is 52.5. The molecule has 7 heterocycles. The third-order valence-corrected chi connectivity index (χ3v) is 25.5. The summed E-state index contributed by atoms with van der Waals surface area (Å²) in [7, 11) is 0. The zero-order valence-electron chi connectivity index (χ0n) is 56.9. The van der Waals surface area contributed by atoms with Crippen LogP contribution in [0.25, 0.3) is 221 Å². The molecule has 0 aliphatic heterocycles. The molecule has 0 atom stereocenters. The monoisotopic (exact) mass is 1400 g/mol. The smallest absolute Gasteiger partial charge is 0.160 e. The maximum Gasteiger partial charge on any atom is 0.160 e. The molecule has 5 nitrogen and oxygen atoms in total. The third-order valence-electron chi connectivity index (χ3n) is 22.1. The summed E-state index contributed by atoms with van der Waals surface area (Å²) in [5.41, 5.74) is 23.4. The highest BCUT2D eigenvalue weighted by atomic mass is 32.1. The van der Waals surface area contributed by atoms with Gasteiger partial charge in [0.25, 0.3) is 0 Å². The number of nitrogens with zero attached hydrogens (tertiary/aromatic N) is 5. The van der Waals surface area contributed by atoms with E-state index in [9.17, 15) is 0 Å². The molecule has 0 saturated heterocycles. The number of aromatic nitrogens is 5. The fourth-order valence-electron chi connectivity index (χ4n) is 17.0. The van der Waals surface area contributed by atoms with Crippen LogP contribution >= 0.6 is 34.0 Å². The molecule has 0 N–H and O–H groups in total. The second kappa shape index (κ2) is 23.2. The predicted molar refractivity (Wildman–Crippen MR) is 454 cm³/mol. The Bertz CT molecular complexity index is 7630. The molecular formula is C98H57N5S3. The van der Waals surface area contributed by atoms with E-state index in [1.165, 1.54) is 137 Å². The van der Waals surface area contributed by atoms with Gasteiger partial charge in [-0.05, 0) is 196 Å². The molecule has 0 fully saturated rings. The van der Waals surface area contributed by atoms with E-state index in [4.69, 9.17) is 9.97 Å². The summed E-state index contributed by atoms with van der Waals surface area (Å²) >= 11 is 5.59. The van der Waals surface area contributed by atoms with E-state index >= 15 is 0 Å². The van der Waals surface area contributed by atoms with E-state index in [-0.39, 0.29) is 0 Å². The van der Waals surface area contributed by atoms with Crippen molar-refractivity contribution < 1.29 is 0 Å². The van der Waals surface area contributed by atoms with Gasteiger partial charge in [0.1, 0.15) is 0 Å². The normalized spacial score (nSPS) is 12.2. The third kappa shape index (κ3) is 9.25. The number of hydrogen-bond donors (Lipinski definition) is 0. The second-order valence-electron chi connectivity index (χ2n) is 27.9. The summed E-state index contributed by atoms with van der Waals surface area (Å²) in [6.45, 7) is 0. The van der Waals surface area contributed by atoms with Gasteiger partial charge in [-0.25, -0.2) is 9.97 Å². The van der Waals surface area contributed by atoms with Gasteiger partial charge >= 0.3 is 0 Å². The standard InChI is InChI=1S/C98H57N5S3/c1-7-19-85-71(13-1)80-51-62(65-31-44-77-74-16-4-10-22-91(74)104-94(77)55-65)35-48-88(80)101(85)68-38-25-58(26-39-68)61-34-47-84-83(54-61)97(59-27-40-69(41-28-59)102-86-20-8-2-14-72(86)81-52-63(36-49-89(81)102)66-32-45-78-75-17-5-11-23-92(75)105-95(78)56-66)100-98(99-84)60-29-42-70(43-30-60)103-87-21-9-3-15-73(87)82-53-64(37-50-90(82)103)67-33-46-79-76-18-6-12-24-93(76)106-96(79)57-67/h1-57H. The van der Waals surface area contributed by atoms with Crippen molar-refractivity contribution in [1.82, 2.24) is 23.7 Å². The summed E-state index contributed by atoms with van der Waals surface area (Å²) in [5, 5.41) is 16.2. The van der Waals surface area contributed by atoms with Gasteiger partial charge in [0.15, 0.2) is 5.82 Å². The van der Waals surface area contributed by atoms with Crippen LogP contribution in [0.3, 0.4) is 0 Å². The maximum absolute atomic E-state index is 5.63. The SMILES string of the molecule is c1ccc2c(c1)sc1cc(-c3ccc4c(c3)c3ccccc3n4-c3ccc(-c4ccc5nc(-c6ccc(-n7c8ccccc8c8cc(-c9ccc%10c(c9)sc9ccccc9%10)ccc87)cc6)nc(-c6ccc(-n7c8ccccc8c8cc(-c9ccc%10c(c9)sc9ccccc9%10)ccc87)cc6)c5c4)cc3)ccc12. The van der Waals surface area contributed by atoms with Crippen LogP contribution in [0, 0.1) is 0 Å². The Morgan fingerprint density at radius 3 is 0.868 bits per heavy atom. The highest BCUT2D eigenvalue weighted by Gasteiger charge is 2.22. The largest absolute Gasteiger partial charge is 0.309 e. The summed E-state index contributed by atoms with van der Waals surface area (Å²) in [6, 6.07) is 128. The van der Waals surface area contributed by atoms with Crippen LogP contribution in [0.1, 0.15) is 0 Å². The average molecular weight is 1400 g/mol. The second-order valence-corrected chi connectivity index (χ2v) is 31.2. The minimum Gasteiger partial charge on any atom is -0.309 e. The topological polar surface area (TPSA) is 40.6 Å². The minimum atomic E-state index is 0.665. The summed E-state index contributed by atoms with van der Waals surface area (Å²) < 4.78 is 15.1. The summed E-state index contributed by atoms with van der Waals surface area (Å²) in [5.74, 6) is 0.665. The van der Waals surface area contributed by atoms with Crippen LogP contribution < -0.4 is 0 Å². The van der Waals surface area contributed by atoms with Crippen molar-refractivity contribution in [2.45, 2.75) is 0 Å². The first kappa shape index (κ1) is 59.4. The van der Waals surface area contributed by atoms with Gasteiger partial charge < -0.3 is 13.7 Å². The lowest BCUT2D eigenvalue weighted by atomic mass is 9.99. The Labute approximate surface area is 619 Å². The molecule has 16 aromatic carbocycles. The average Bonchev–Trinajstić information content (AvgIpc) is 1.17. The van der Waals surface area contributed by atoms with Crippen molar-refractivity contribution in [2.24, 2.45) is 0 Å². The molecular weight excluding hydrogens is 1340 g/mol.